The average Bonchev–Trinajstić information content (AvgIpc) is 2.41. The van der Waals surface area contributed by atoms with Crippen molar-refractivity contribution in [1.82, 2.24) is 4.90 Å². The van der Waals surface area contributed by atoms with E-state index in [4.69, 9.17) is 0 Å². The van der Waals surface area contributed by atoms with Gasteiger partial charge in [-0.15, -0.1) is 17.0 Å². The van der Waals surface area contributed by atoms with Crippen molar-refractivity contribution in [3.63, 3.8) is 0 Å². The maximum atomic E-state index is 13.3. The number of rotatable bonds is 5. The lowest BCUT2D eigenvalue weighted by Gasteiger charge is -2.42. The van der Waals surface area contributed by atoms with Gasteiger partial charge >= 0.3 is 0 Å². The first-order valence-corrected chi connectivity index (χ1v) is 11.0. The normalized spacial score (nSPS) is 12.5. The Hall–Kier alpha value is -0.400. The van der Waals surface area contributed by atoms with Gasteiger partial charge in [0.2, 0.25) is 0 Å². The zero-order valence-corrected chi connectivity index (χ0v) is 21.0. The minimum atomic E-state index is -0.281. The quantitative estimate of drug-likeness (QED) is 0.444. The van der Waals surface area contributed by atoms with Crippen LogP contribution in [-0.4, -0.2) is 33.2 Å². The molecule has 0 saturated heterocycles. The van der Waals surface area contributed by atoms with E-state index in [-0.39, 0.29) is 53.2 Å². The van der Waals surface area contributed by atoms with E-state index in [0.717, 1.165) is 11.7 Å². The summed E-state index contributed by atoms with van der Waals surface area (Å²) in [4.78, 5) is 15.3. The van der Waals surface area contributed by atoms with Gasteiger partial charge in [0.1, 0.15) is 0 Å². The highest BCUT2D eigenvalue weighted by atomic mass is 79.9. The van der Waals surface area contributed by atoms with E-state index in [0.29, 0.717) is 0 Å². The van der Waals surface area contributed by atoms with Gasteiger partial charge in [0, 0.05) is 17.6 Å². The Morgan fingerprint density at radius 2 is 1.35 bits per heavy atom. The summed E-state index contributed by atoms with van der Waals surface area (Å²) in [5, 5.41) is 0.499. The first-order chi connectivity index (χ1) is 11.3. The van der Waals surface area contributed by atoms with Crippen LogP contribution in [0.15, 0.2) is 24.3 Å². The first kappa shape index (κ1) is 25.6. The molecule has 4 heteroatoms. The lowest BCUT2D eigenvalue weighted by atomic mass is 10.1. The Bertz CT molecular complexity index is 563. The molecule has 0 radical (unpaired) electrons. The maximum absolute atomic E-state index is 13.3. The molecule has 0 heterocycles. The third kappa shape index (κ3) is 6.64. The molecule has 0 N–H and O–H groups in total. The average molecular weight is 444 g/mol. The van der Waals surface area contributed by atoms with E-state index in [9.17, 15) is 4.79 Å². The summed E-state index contributed by atoms with van der Waals surface area (Å²) in [6.07, 6.45) is 0.994. The number of hydrogen-bond donors (Lipinski definition) is 0. The molecule has 0 aliphatic carbocycles. The van der Waals surface area contributed by atoms with Crippen molar-refractivity contribution < 1.29 is 4.79 Å². The second-order valence-electron chi connectivity index (χ2n) is 9.48. The Morgan fingerprint density at radius 1 is 0.923 bits per heavy atom. The van der Waals surface area contributed by atoms with Gasteiger partial charge in [0.15, 0.2) is 0 Å². The highest BCUT2D eigenvalue weighted by molar-refractivity contribution is 8.93. The van der Waals surface area contributed by atoms with Crippen LogP contribution in [0.2, 0.25) is 0 Å². The summed E-state index contributed by atoms with van der Waals surface area (Å²) in [6, 6.07) is 8.62. The van der Waals surface area contributed by atoms with Crippen molar-refractivity contribution in [2.24, 2.45) is 0 Å². The van der Waals surface area contributed by atoms with Crippen LogP contribution in [-0.2, 0) is 6.16 Å². The Labute approximate surface area is 173 Å². The largest absolute Gasteiger partial charge is 0.334 e. The molecule has 0 saturated carbocycles. The van der Waals surface area contributed by atoms with E-state index < -0.39 is 0 Å². The van der Waals surface area contributed by atoms with Crippen LogP contribution in [0.25, 0.3) is 0 Å². The van der Waals surface area contributed by atoms with Crippen LogP contribution in [0, 0.1) is 0 Å². The van der Waals surface area contributed by atoms with Crippen LogP contribution >= 0.6 is 24.9 Å². The second-order valence-corrected chi connectivity index (χ2v) is 13.3. The molecular weight excluding hydrogens is 405 g/mol. The molecule has 1 amide bonds. The molecule has 0 bridgehead atoms. The van der Waals surface area contributed by atoms with Gasteiger partial charge in [-0.25, -0.2) is 0 Å². The topological polar surface area (TPSA) is 20.3 Å². The van der Waals surface area contributed by atoms with Crippen LogP contribution in [0.4, 0.5) is 0 Å². The SMILES string of the molecule is Br.CC(C)N(C(=O)c1ccccc1CP(C(C)(C)C)C(C)(C)C)C(C)C. The molecule has 0 aliphatic rings. The van der Waals surface area contributed by atoms with Crippen molar-refractivity contribution in [2.45, 2.75) is 97.8 Å². The molecule has 0 atom stereocenters. The summed E-state index contributed by atoms with van der Waals surface area (Å²) < 4.78 is 0. The van der Waals surface area contributed by atoms with Gasteiger partial charge in [-0.3, -0.25) is 4.79 Å². The van der Waals surface area contributed by atoms with E-state index in [1.54, 1.807) is 0 Å². The summed E-state index contributed by atoms with van der Waals surface area (Å²) in [6.45, 7) is 22.4. The Morgan fingerprint density at radius 3 is 1.73 bits per heavy atom. The number of nitrogens with zero attached hydrogens (tertiary/aromatic N) is 1. The van der Waals surface area contributed by atoms with E-state index >= 15 is 0 Å². The van der Waals surface area contributed by atoms with Crippen molar-refractivity contribution in [2.75, 3.05) is 0 Å². The van der Waals surface area contributed by atoms with Crippen LogP contribution < -0.4 is 0 Å². The van der Waals surface area contributed by atoms with Gasteiger partial charge in [-0.05, 0) is 55.8 Å². The molecular formula is C22H39BrNOP. The molecule has 1 rings (SSSR count). The van der Waals surface area contributed by atoms with Crippen molar-refractivity contribution in [1.29, 1.82) is 0 Å². The minimum Gasteiger partial charge on any atom is -0.334 e. The van der Waals surface area contributed by atoms with E-state index in [2.05, 4.69) is 81.4 Å². The predicted octanol–water partition coefficient (Wildman–Crippen LogP) is 7.10. The van der Waals surface area contributed by atoms with Gasteiger partial charge in [0.05, 0.1) is 0 Å². The maximum Gasteiger partial charge on any atom is 0.254 e. The van der Waals surface area contributed by atoms with Gasteiger partial charge in [-0.1, -0.05) is 67.7 Å². The molecule has 2 nitrogen and oxygen atoms in total. The molecule has 150 valence electrons. The van der Waals surface area contributed by atoms with E-state index in [1.165, 1.54) is 5.56 Å². The molecule has 0 spiro atoms. The fourth-order valence-corrected chi connectivity index (χ4v) is 7.30. The highest BCUT2D eigenvalue weighted by Crippen LogP contribution is 2.61. The molecule has 0 fully saturated rings. The summed E-state index contributed by atoms with van der Waals surface area (Å²) in [5.41, 5.74) is 2.08. The van der Waals surface area contributed by atoms with E-state index in [1.807, 2.05) is 17.0 Å². The third-order valence-electron chi connectivity index (χ3n) is 4.54. The first-order valence-electron chi connectivity index (χ1n) is 9.45. The summed E-state index contributed by atoms with van der Waals surface area (Å²) in [7, 11) is -0.281. The van der Waals surface area contributed by atoms with Crippen molar-refractivity contribution in [3.05, 3.63) is 35.4 Å². The Kier molecular flexibility index (Phi) is 9.54. The zero-order chi connectivity index (χ0) is 19.6. The Balaban J connectivity index is 0.00000625. The molecule has 0 aliphatic heterocycles. The third-order valence-corrected chi connectivity index (χ3v) is 8.44. The number of hydrogen-bond acceptors (Lipinski definition) is 1. The molecule has 0 aromatic heterocycles. The number of carbonyl (C=O) groups excluding carboxylic acids is 1. The lowest BCUT2D eigenvalue weighted by Crippen LogP contribution is -2.42. The van der Waals surface area contributed by atoms with Gasteiger partial charge < -0.3 is 4.90 Å². The minimum absolute atomic E-state index is 0. The molecule has 0 unspecified atom stereocenters. The summed E-state index contributed by atoms with van der Waals surface area (Å²) >= 11 is 0. The van der Waals surface area contributed by atoms with Gasteiger partial charge in [0.25, 0.3) is 5.91 Å². The second kappa shape index (κ2) is 9.69. The number of halogens is 1. The van der Waals surface area contributed by atoms with Crippen molar-refractivity contribution >= 4 is 30.8 Å². The fraction of sp³-hybridized carbons (Fsp3) is 0.682. The molecule has 1 aromatic carbocycles. The van der Waals surface area contributed by atoms with Crippen molar-refractivity contribution in [3.8, 4) is 0 Å². The zero-order valence-electron chi connectivity index (χ0n) is 18.4. The van der Waals surface area contributed by atoms with Gasteiger partial charge in [-0.2, -0.15) is 0 Å². The number of benzene rings is 1. The predicted molar refractivity (Wildman–Crippen MR) is 123 cm³/mol. The number of amides is 1. The number of carbonyl (C=O) groups is 1. The standard InChI is InChI=1S/C22H38NOP.BrH/c1-16(2)23(17(3)4)20(24)19-14-12-11-13-18(19)15-25(21(5,6)7)22(8,9)10;/h11-14,16-17H,15H2,1-10H3;1H. The summed E-state index contributed by atoms with van der Waals surface area (Å²) in [5.74, 6) is 0.165. The smallest absolute Gasteiger partial charge is 0.254 e. The van der Waals surface area contributed by atoms with Crippen LogP contribution in [0.3, 0.4) is 0 Å². The molecule has 26 heavy (non-hydrogen) atoms. The van der Waals surface area contributed by atoms with Crippen LogP contribution in [0.1, 0.15) is 85.2 Å². The molecule has 1 aromatic rings. The lowest BCUT2D eigenvalue weighted by molar-refractivity contribution is 0.0643. The monoisotopic (exact) mass is 443 g/mol. The highest BCUT2D eigenvalue weighted by Gasteiger charge is 2.35. The van der Waals surface area contributed by atoms with Crippen LogP contribution in [0.5, 0.6) is 0 Å². The fourth-order valence-electron chi connectivity index (χ4n) is 3.72.